The van der Waals surface area contributed by atoms with Crippen molar-refractivity contribution in [2.75, 3.05) is 13.7 Å². The highest BCUT2D eigenvalue weighted by Gasteiger charge is 2.17. The maximum absolute atomic E-state index is 12.6. The molecule has 0 aromatic heterocycles. The van der Waals surface area contributed by atoms with Gasteiger partial charge in [0, 0.05) is 19.5 Å². The lowest BCUT2D eigenvalue weighted by atomic mass is 9.97. The van der Waals surface area contributed by atoms with Gasteiger partial charge in [-0.05, 0) is 36.1 Å². The number of amides is 1. The largest absolute Gasteiger partial charge is 0.497 e. The van der Waals surface area contributed by atoms with Crippen LogP contribution in [0.1, 0.15) is 37.3 Å². The minimum absolute atomic E-state index is 0.193. The van der Waals surface area contributed by atoms with Crippen LogP contribution in [0.5, 0.6) is 5.75 Å². The van der Waals surface area contributed by atoms with E-state index in [0.29, 0.717) is 13.0 Å². The van der Waals surface area contributed by atoms with E-state index >= 15 is 0 Å². The molecule has 0 saturated heterocycles. The van der Waals surface area contributed by atoms with Gasteiger partial charge in [-0.2, -0.15) is 0 Å². The van der Waals surface area contributed by atoms with Crippen molar-refractivity contribution in [2.45, 2.75) is 32.7 Å². The predicted octanol–water partition coefficient (Wildman–Crippen LogP) is 4.24. The van der Waals surface area contributed by atoms with Crippen molar-refractivity contribution in [2.24, 2.45) is 0 Å². The third kappa shape index (κ3) is 4.85. The molecule has 3 nitrogen and oxygen atoms in total. The van der Waals surface area contributed by atoms with E-state index in [4.69, 9.17) is 4.74 Å². The van der Waals surface area contributed by atoms with Gasteiger partial charge in [-0.25, -0.2) is 0 Å². The molecule has 0 bridgehead atoms. The molecule has 1 unspecified atom stereocenters. The number of benzene rings is 2. The summed E-state index contributed by atoms with van der Waals surface area (Å²) in [7, 11) is 1.66. The number of ether oxygens (including phenoxy) is 1. The van der Waals surface area contributed by atoms with Gasteiger partial charge in [-0.1, -0.05) is 49.4 Å². The second kappa shape index (κ2) is 8.37. The maximum atomic E-state index is 12.6. The molecule has 2 aromatic rings. The van der Waals surface area contributed by atoms with E-state index in [-0.39, 0.29) is 11.8 Å². The van der Waals surface area contributed by atoms with Crippen molar-refractivity contribution in [3.8, 4) is 5.75 Å². The zero-order chi connectivity index (χ0) is 16.7. The summed E-state index contributed by atoms with van der Waals surface area (Å²) in [5, 5.41) is 0. The first-order valence-corrected chi connectivity index (χ1v) is 8.09. The van der Waals surface area contributed by atoms with Crippen LogP contribution < -0.4 is 4.74 Å². The van der Waals surface area contributed by atoms with Gasteiger partial charge >= 0.3 is 0 Å². The molecule has 2 aromatic carbocycles. The van der Waals surface area contributed by atoms with Crippen molar-refractivity contribution in [1.29, 1.82) is 0 Å². The summed E-state index contributed by atoms with van der Waals surface area (Å²) >= 11 is 0. The van der Waals surface area contributed by atoms with Gasteiger partial charge in [0.15, 0.2) is 0 Å². The number of carbonyl (C=O) groups excluding carboxylic acids is 1. The molecule has 0 heterocycles. The number of hydrogen-bond acceptors (Lipinski definition) is 2. The highest BCUT2D eigenvalue weighted by atomic mass is 16.5. The van der Waals surface area contributed by atoms with Gasteiger partial charge in [0.2, 0.25) is 5.91 Å². The maximum Gasteiger partial charge on any atom is 0.223 e. The van der Waals surface area contributed by atoms with Gasteiger partial charge in [0.25, 0.3) is 0 Å². The molecule has 0 aliphatic heterocycles. The van der Waals surface area contributed by atoms with E-state index in [0.717, 1.165) is 17.9 Å². The molecule has 2 rings (SSSR count). The lowest BCUT2D eigenvalue weighted by Crippen LogP contribution is -2.31. The number of carbonyl (C=O) groups is 1. The Hall–Kier alpha value is -2.29. The summed E-state index contributed by atoms with van der Waals surface area (Å²) in [5.74, 6) is 1.23. The molecule has 0 aliphatic carbocycles. The molecule has 0 aliphatic rings. The Labute approximate surface area is 138 Å². The monoisotopic (exact) mass is 311 g/mol. The summed E-state index contributed by atoms with van der Waals surface area (Å²) in [6, 6.07) is 18.1. The first kappa shape index (κ1) is 17.1. The molecule has 0 spiro atoms. The van der Waals surface area contributed by atoms with Gasteiger partial charge in [-0.3, -0.25) is 4.79 Å². The number of nitrogens with zero attached hydrogens (tertiary/aromatic N) is 1. The summed E-state index contributed by atoms with van der Waals surface area (Å²) < 4.78 is 5.18. The lowest BCUT2D eigenvalue weighted by Gasteiger charge is -2.23. The first-order valence-electron chi connectivity index (χ1n) is 8.09. The Bertz CT molecular complexity index is 607. The fourth-order valence-electron chi connectivity index (χ4n) is 2.62. The van der Waals surface area contributed by atoms with Crippen molar-refractivity contribution in [3.63, 3.8) is 0 Å². The number of methoxy groups -OCH3 is 1. The lowest BCUT2D eigenvalue weighted by molar-refractivity contribution is -0.131. The molecule has 122 valence electrons. The molecule has 0 radical (unpaired) electrons. The number of hydrogen-bond donors (Lipinski definition) is 0. The second-order valence-corrected chi connectivity index (χ2v) is 5.77. The van der Waals surface area contributed by atoms with Gasteiger partial charge < -0.3 is 9.64 Å². The van der Waals surface area contributed by atoms with E-state index in [1.165, 1.54) is 5.56 Å². The van der Waals surface area contributed by atoms with Crippen LogP contribution in [-0.4, -0.2) is 24.5 Å². The summed E-state index contributed by atoms with van der Waals surface area (Å²) in [4.78, 5) is 14.5. The Balaban J connectivity index is 1.97. The van der Waals surface area contributed by atoms with Crippen LogP contribution in [-0.2, 0) is 11.3 Å². The smallest absolute Gasteiger partial charge is 0.223 e. The summed E-state index contributed by atoms with van der Waals surface area (Å²) in [5.41, 5.74) is 2.33. The minimum Gasteiger partial charge on any atom is -0.497 e. The average Bonchev–Trinajstić information content (AvgIpc) is 2.60. The number of rotatable bonds is 7. The van der Waals surface area contributed by atoms with Crippen LogP contribution in [0.15, 0.2) is 54.6 Å². The van der Waals surface area contributed by atoms with E-state index < -0.39 is 0 Å². The van der Waals surface area contributed by atoms with E-state index in [2.05, 4.69) is 19.1 Å². The standard InChI is InChI=1S/C20H25NO2/c1-4-21(15-17-8-6-5-7-9-17)20(22)14-16(2)18-10-12-19(23-3)13-11-18/h5-13,16H,4,14-15H2,1-3H3. The highest BCUT2D eigenvalue weighted by Crippen LogP contribution is 2.23. The Kier molecular flexibility index (Phi) is 6.21. The van der Waals surface area contributed by atoms with Crippen molar-refractivity contribution < 1.29 is 9.53 Å². The molecule has 1 amide bonds. The summed E-state index contributed by atoms with van der Waals surface area (Å²) in [6.07, 6.45) is 0.521. The Morgan fingerprint density at radius 2 is 1.74 bits per heavy atom. The Morgan fingerprint density at radius 1 is 1.09 bits per heavy atom. The molecular weight excluding hydrogens is 286 g/mol. The average molecular weight is 311 g/mol. The molecule has 0 N–H and O–H groups in total. The normalized spacial score (nSPS) is 11.8. The SMILES string of the molecule is CCN(Cc1ccccc1)C(=O)CC(C)c1ccc(OC)cc1. The van der Waals surface area contributed by atoms with Crippen molar-refractivity contribution in [3.05, 3.63) is 65.7 Å². The van der Waals surface area contributed by atoms with E-state index in [1.807, 2.05) is 54.3 Å². The highest BCUT2D eigenvalue weighted by molar-refractivity contribution is 5.77. The van der Waals surface area contributed by atoms with Crippen molar-refractivity contribution in [1.82, 2.24) is 4.90 Å². The van der Waals surface area contributed by atoms with Crippen LogP contribution in [0.3, 0.4) is 0 Å². The second-order valence-electron chi connectivity index (χ2n) is 5.77. The molecule has 3 heteroatoms. The van der Waals surface area contributed by atoms with Crippen LogP contribution in [0.4, 0.5) is 0 Å². The fourth-order valence-corrected chi connectivity index (χ4v) is 2.62. The minimum atomic E-state index is 0.193. The van der Waals surface area contributed by atoms with Gasteiger partial charge in [0.05, 0.1) is 7.11 Å². The zero-order valence-corrected chi connectivity index (χ0v) is 14.2. The van der Waals surface area contributed by atoms with Crippen LogP contribution in [0, 0.1) is 0 Å². The topological polar surface area (TPSA) is 29.5 Å². The molecule has 0 fully saturated rings. The fraction of sp³-hybridized carbons (Fsp3) is 0.350. The van der Waals surface area contributed by atoms with Crippen LogP contribution in [0.2, 0.25) is 0 Å². The van der Waals surface area contributed by atoms with Crippen molar-refractivity contribution >= 4 is 5.91 Å². The molecular formula is C20H25NO2. The Morgan fingerprint density at radius 3 is 2.30 bits per heavy atom. The van der Waals surface area contributed by atoms with Gasteiger partial charge in [-0.15, -0.1) is 0 Å². The van der Waals surface area contributed by atoms with Crippen LogP contribution in [0.25, 0.3) is 0 Å². The third-order valence-electron chi connectivity index (χ3n) is 4.12. The van der Waals surface area contributed by atoms with Crippen LogP contribution >= 0.6 is 0 Å². The third-order valence-corrected chi connectivity index (χ3v) is 4.12. The molecule has 0 saturated carbocycles. The molecule has 1 atom stereocenters. The summed E-state index contributed by atoms with van der Waals surface area (Å²) in [6.45, 7) is 5.52. The van der Waals surface area contributed by atoms with E-state index in [9.17, 15) is 4.79 Å². The zero-order valence-electron chi connectivity index (χ0n) is 14.2. The molecule has 23 heavy (non-hydrogen) atoms. The predicted molar refractivity (Wildman–Crippen MR) is 93.6 cm³/mol. The van der Waals surface area contributed by atoms with Gasteiger partial charge in [0.1, 0.15) is 5.75 Å². The quantitative estimate of drug-likeness (QED) is 0.765. The first-order chi connectivity index (χ1) is 11.1. The van der Waals surface area contributed by atoms with E-state index in [1.54, 1.807) is 7.11 Å².